The number of phenolic OH excluding ortho intramolecular Hbond substituents is 7. The van der Waals surface area contributed by atoms with Crippen LogP contribution in [0.15, 0.2) is 12.1 Å². The van der Waals surface area contributed by atoms with E-state index in [0.29, 0.717) is 0 Å². The predicted molar refractivity (Wildman–Crippen MR) is 116 cm³/mol. The molecule has 0 fully saturated rings. The van der Waals surface area contributed by atoms with Crippen molar-refractivity contribution in [1.82, 2.24) is 0 Å². The van der Waals surface area contributed by atoms with Crippen molar-refractivity contribution in [2.75, 3.05) is 0 Å². The Labute approximate surface area is 184 Å². The molecule has 0 aliphatic heterocycles. The van der Waals surface area contributed by atoms with Gasteiger partial charge in [0.25, 0.3) is 8.32 Å². The maximum Gasteiger partial charge on any atom is 0.250 e. The standard InChI is InChI=1S/C21H26O10Si/c1-21(2,3)32(4,5)31-20-12(24)6-9(7-13(20)25)10(22)8-11(23)14-15(26)17(28)19(30)18(29)16(14)27/h6-7,24-30H,8H2,1-5H3. The molecule has 0 unspecified atom stereocenters. The fourth-order valence-electron chi connectivity index (χ4n) is 2.56. The molecule has 7 N–H and O–H groups in total. The fourth-order valence-corrected chi connectivity index (χ4v) is 3.58. The van der Waals surface area contributed by atoms with Gasteiger partial charge in [-0.15, -0.1) is 0 Å². The lowest BCUT2D eigenvalue weighted by molar-refractivity contribution is 0.0890. The number of carbonyl (C=O) groups is 2. The molecule has 11 heteroatoms. The first-order valence-corrected chi connectivity index (χ1v) is 12.4. The largest absolute Gasteiger partial charge is 0.539 e. The Morgan fingerprint density at radius 1 is 0.781 bits per heavy atom. The van der Waals surface area contributed by atoms with Crippen LogP contribution >= 0.6 is 0 Å². The van der Waals surface area contributed by atoms with Crippen LogP contribution in [0.25, 0.3) is 0 Å². The lowest BCUT2D eigenvalue weighted by atomic mass is 9.98. The first-order chi connectivity index (χ1) is 14.5. The molecule has 0 radical (unpaired) electrons. The van der Waals surface area contributed by atoms with E-state index >= 15 is 0 Å². The van der Waals surface area contributed by atoms with Gasteiger partial charge in [0.2, 0.25) is 17.2 Å². The number of hydrogen-bond donors (Lipinski definition) is 7. The Kier molecular flexibility index (Phi) is 6.28. The van der Waals surface area contributed by atoms with Crippen LogP contribution in [0, 0.1) is 0 Å². The van der Waals surface area contributed by atoms with E-state index in [1.807, 2.05) is 33.9 Å². The van der Waals surface area contributed by atoms with Crippen molar-refractivity contribution in [3.05, 3.63) is 23.3 Å². The van der Waals surface area contributed by atoms with Crippen LogP contribution in [0.2, 0.25) is 18.1 Å². The Hall–Kier alpha value is -3.60. The van der Waals surface area contributed by atoms with E-state index in [2.05, 4.69) is 0 Å². The quantitative estimate of drug-likeness (QED) is 0.109. The van der Waals surface area contributed by atoms with Gasteiger partial charge in [0.1, 0.15) is 5.56 Å². The summed E-state index contributed by atoms with van der Waals surface area (Å²) in [6, 6.07) is 2.01. The fraction of sp³-hybridized carbons (Fsp3) is 0.333. The number of rotatable bonds is 6. The van der Waals surface area contributed by atoms with Crippen molar-refractivity contribution in [3.63, 3.8) is 0 Å². The molecule has 0 saturated heterocycles. The minimum Gasteiger partial charge on any atom is -0.539 e. The Morgan fingerprint density at radius 3 is 1.59 bits per heavy atom. The first kappa shape index (κ1) is 24.7. The molecule has 0 bridgehead atoms. The van der Waals surface area contributed by atoms with Crippen LogP contribution in [0.1, 0.15) is 47.9 Å². The topological polar surface area (TPSA) is 185 Å². The zero-order valence-corrected chi connectivity index (χ0v) is 19.2. The highest BCUT2D eigenvalue weighted by Gasteiger charge is 2.40. The van der Waals surface area contributed by atoms with Crippen LogP contribution in [-0.4, -0.2) is 55.6 Å². The summed E-state index contributed by atoms with van der Waals surface area (Å²) in [5.74, 6) is -9.52. The van der Waals surface area contributed by atoms with E-state index in [1.165, 1.54) is 0 Å². The second-order valence-corrected chi connectivity index (χ2v) is 13.6. The van der Waals surface area contributed by atoms with Gasteiger partial charge < -0.3 is 40.2 Å². The van der Waals surface area contributed by atoms with E-state index in [1.54, 1.807) is 0 Å². The maximum absolute atomic E-state index is 12.5. The average molecular weight is 467 g/mol. The van der Waals surface area contributed by atoms with Crippen LogP contribution in [0.4, 0.5) is 0 Å². The third kappa shape index (κ3) is 4.37. The number of ketones is 2. The van der Waals surface area contributed by atoms with Gasteiger partial charge in [-0.3, -0.25) is 9.59 Å². The van der Waals surface area contributed by atoms with Gasteiger partial charge in [0.15, 0.2) is 40.3 Å². The summed E-state index contributed by atoms with van der Waals surface area (Å²) in [5, 5.41) is 68.6. The molecule has 2 aromatic carbocycles. The Balaban J connectivity index is 2.36. The summed E-state index contributed by atoms with van der Waals surface area (Å²) in [7, 11) is -2.43. The number of Topliss-reactive ketones (excluding diaryl/α,β-unsaturated/α-hetero) is 2. The van der Waals surface area contributed by atoms with Gasteiger partial charge in [-0.1, -0.05) is 20.8 Å². The van der Waals surface area contributed by atoms with Crippen molar-refractivity contribution in [2.45, 2.75) is 45.3 Å². The molecule has 32 heavy (non-hydrogen) atoms. The van der Waals surface area contributed by atoms with Crippen molar-refractivity contribution in [2.24, 2.45) is 0 Å². The third-order valence-corrected chi connectivity index (χ3v) is 9.83. The van der Waals surface area contributed by atoms with Gasteiger partial charge in [0.05, 0.1) is 6.42 Å². The Morgan fingerprint density at radius 2 is 1.19 bits per heavy atom. The summed E-state index contributed by atoms with van der Waals surface area (Å²) in [6.07, 6.45) is -0.966. The van der Waals surface area contributed by atoms with Crippen molar-refractivity contribution < 1.29 is 49.8 Å². The van der Waals surface area contributed by atoms with Crippen LogP contribution in [0.3, 0.4) is 0 Å². The molecular weight excluding hydrogens is 440 g/mol. The van der Waals surface area contributed by atoms with E-state index < -0.39 is 72.1 Å². The molecule has 0 aliphatic rings. The summed E-state index contributed by atoms with van der Waals surface area (Å²) in [5.41, 5.74) is -1.24. The zero-order chi connectivity index (χ0) is 24.8. The van der Waals surface area contributed by atoms with Crippen molar-refractivity contribution >= 4 is 19.9 Å². The molecule has 0 spiro atoms. The predicted octanol–water partition coefficient (Wildman–Crippen LogP) is 3.47. The van der Waals surface area contributed by atoms with E-state index in [0.717, 1.165) is 12.1 Å². The molecule has 0 atom stereocenters. The third-order valence-electron chi connectivity index (χ3n) is 5.51. The molecule has 2 aromatic rings. The monoisotopic (exact) mass is 466 g/mol. The highest BCUT2D eigenvalue weighted by Crippen LogP contribution is 2.51. The number of aromatic hydroxyl groups is 7. The summed E-state index contributed by atoms with van der Waals surface area (Å²) in [4.78, 5) is 25.0. The average Bonchev–Trinajstić information content (AvgIpc) is 2.66. The number of hydrogen-bond acceptors (Lipinski definition) is 10. The van der Waals surface area contributed by atoms with Gasteiger partial charge >= 0.3 is 0 Å². The smallest absolute Gasteiger partial charge is 0.250 e. The highest BCUT2D eigenvalue weighted by molar-refractivity contribution is 6.74. The molecule has 0 saturated carbocycles. The van der Waals surface area contributed by atoms with Gasteiger partial charge in [-0.2, -0.15) is 0 Å². The second kappa shape index (κ2) is 8.15. The van der Waals surface area contributed by atoms with E-state index in [9.17, 15) is 45.3 Å². The minimum atomic E-state index is -2.43. The van der Waals surface area contributed by atoms with Gasteiger partial charge in [0, 0.05) is 5.56 Å². The van der Waals surface area contributed by atoms with Crippen LogP contribution in [0.5, 0.6) is 46.0 Å². The molecule has 10 nitrogen and oxygen atoms in total. The second-order valence-electron chi connectivity index (χ2n) is 8.85. The molecule has 0 aromatic heterocycles. The van der Waals surface area contributed by atoms with Gasteiger partial charge in [-0.25, -0.2) is 0 Å². The lowest BCUT2D eigenvalue weighted by Gasteiger charge is -2.36. The molecule has 174 valence electrons. The number of carbonyl (C=O) groups excluding carboxylic acids is 2. The zero-order valence-electron chi connectivity index (χ0n) is 18.2. The number of phenols is 7. The van der Waals surface area contributed by atoms with Crippen LogP contribution in [-0.2, 0) is 0 Å². The Bertz CT molecular complexity index is 1050. The molecule has 0 aliphatic carbocycles. The van der Waals surface area contributed by atoms with Gasteiger partial charge in [-0.05, 0) is 30.3 Å². The maximum atomic E-state index is 12.5. The van der Waals surface area contributed by atoms with E-state index in [4.69, 9.17) is 4.43 Å². The number of benzene rings is 2. The molecule has 0 heterocycles. The molecule has 2 rings (SSSR count). The van der Waals surface area contributed by atoms with Crippen molar-refractivity contribution in [3.8, 4) is 46.0 Å². The molecular formula is C21H26O10Si. The summed E-state index contributed by atoms with van der Waals surface area (Å²) in [6.45, 7) is 9.66. The summed E-state index contributed by atoms with van der Waals surface area (Å²) < 4.78 is 5.90. The summed E-state index contributed by atoms with van der Waals surface area (Å²) >= 11 is 0. The lowest BCUT2D eigenvalue weighted by Crippen LogP contribution is -2.43. The van der Waals surface area contributed by atoms with Crippen LogP contribution < -0.4 is 4.43 Å². The normalized spacial score (nSPS) is 11.9. The first-order valence-electron chi connectivity index (χ1n) is 9.49. The van der Waals surface area contributed by atoms with Crippen molar-refractivity contribution in [1.29, 1.82) is 0 Å². The SMILES string of the molecule is CC(C)(C)[Si](C)(C)Oc1c(O)cc(C(=O)CC(=O)c2c(O)c(O)c(O)c(O)c2O)cc1O. The molecule has 0 amide bonds. The minimum absolute atomic E-state index is 0.192. The highest BCUT2D eigenvalue weighted by atomic mass is 28.4. The van der Waals surface area contributed by atoms with E-state index in [-0.39, 0.29) is 16.4 Å².